The quantitative estimate of drug-likeness (QED) is 0.532. The van der Waals surface area contributed by atoms with Crippen LogP contribution in [0.15, 0.2) is 12.4 Å². The standard InChI is InChI=1S/C19H22ClN5O2/c1-5-12-10(3)7-22-14(11(12)4)9-25-8-13(18(26)27-6-2)15-16(20)23-19(21)24-17(15)25/h7-8H,5-6,9H2,1-4H3,(H2,21,23,24). The van der Waals surface area contributed by atoms with Crippen LogP contribution in [0.2, 0.25) is 5.15 Å². The van der Waals surface area contributed by atoms with Crippen LogP contribution in [0.1, 0.15) is 46.6 Å². The number of hydrogen-bond acceptors (Lipinski definition) is 6. The Morgan fingerprint density at radius 3 is 2.70 bits per heavy atom. The summed E-state index contributed by atoms with van der Waals surface area (Å²) in [4.78, 5) is 25.2. The number of anilines is 1. The number of nitrogens with two attached hydrogens (primary N) is 1. The van der Waals surface area contributed by atoms with E-state index in [0.717, 1.165) is 23.2 Å². The molecule has 0 atom stereocenters. The first-order chi connectivity index (χ1) is 12.9. The second kappa shape index (κ2) is 7.52. The number of hydrogen-bond donors (Lipinski definition) is 1. The summed E-state index contributed by atoms with van der Waals surface area (Å²) in [5.74, 6) is -0.426. The first kappa shape index (κ1) is 19.1. The van der Waals surface area contributed by atoms with E-state index in [1.807, 2.05) is 10.8 Å². The van der Waals surface area contributed by atoms with Crippen LogP contribution in [0.25, 0.3) is 11.0 Å². The summed E-state index contributed by atoms with van der Waals surface area (Å²) in [6, 6.07) is 0. The maximum Gasteiger partial charge on any atom is 0.340 e. The number of nitrogens with zero attached hydrogens (tertiary/aromatic N) is 4. The van der Waals surface area contributed by atoms with Crippen molar-refractivity contribution >= 4 is 34.6 Å². The third kappa shape index (κ3) is 3.47. The van der Waals surface area contributed by atoms with E-state index < -0.39 is 5.97 Å². The molecule has 0 aliphatic rings. The topological polar surface area (TPSA) is 95.9 Å². The van der Waals surface area contributed by atoms with Crippen LogP contribution >= 0.6 is 11.6 Å². The van der Waals surface area contributed by atoms with Crippen LogP contribution in [-0.4, -0.2) is 32.1 Å². The second-order valence-electron chi connectivity index (χ2n) is 6.31. The number of esters is 1. The van der Waals surface area contributed by atoms with E-state index in [1.54, 1.807) is 13.1 Å². The molecule has 0 amide bonds. The van der Waals surface area contributed by atoms with E-state index in [2.05, 4.69) is 35.7 Å². The van der Waals surface area contributed by atoms with Crippen molar-refractivity contribution in [1.29, 1.82) is 0 Å². The maximum atomic E-state index is 12.4. The van der Waals surface area contributed by atoms with Crippen LogP contribution in [-0.2, 0) is 17.7 Å². The van der Waals surface area contributed by atoms with Gasteiger partial charge in [0, 0.05) is 12.4 Å². The number of rotatable bonds is 5. The number of fused-ring (bicyclic) bond motifs is 1. The van der Waals surface area contributed by atoms with Gasteiger partial charge in [-0.2, -0.15) is 4.98 Å². The summed E-state index contributed by atoms with van der Waals surface area (Å²) in [6.07, 6.45) is 4.47. The van der Waals surface area contributed by atoms with Crippen LogP contribution in [0.4, 0.5) is 5.95 Å². The van der Waals surface area contributed by atoms with Gasteiger partial charge in [0.05, 0.1) is 29.8 Å². The highest BCUT2D eigenvalue weighted by Gasteiger charge is 2.22. The highest BCUT2D eigenvalue weighted by Crippen LogP contribution is 2.29. The summed E-state index contributed by atoms with van der Waals surface area (Å²) in [5, 5.41) is 0.562. The summed E-state index contributed by atoms with van der Waals surface area (Å²) >= 11 is 6.26. The average Bonchev–Trinajstić information content (AvgIpc) is 2.97. The number of carbonyl (C=O) groups is 1. The number of aromatic nitrogens is 4. The van der Waals surface area contributed by atoms with E-state index in [9.17, 15) is 4.79 Å². The Bertz CT molecular complexity index is 1030. The Labute approximate surface area is 162 Å². The Morgan fingerprint density at radius 2 is 2.04 bits per heavy atom. The smallest absolute Gasteiger partial charge is 0.340 e. The third-order valence-electron chi connectivity index (χ3n) is 4.63. The lowest BCUT2D eigenvalue weighted by atomic mass is 10.0. The van der Waals surface area contributed by atoms with Crippen molar-refractivity contribution in [2.24, 2.45) is 0 Å². The summed E-state index contributed by atoms with van der Waals surface area (Å²) in [5.41, 5.74) is 11.0. The molecule has 3 heterocycles. The molecule has 7 nitrogen and oxygen atoms in total. The molecule has 2 N–H and O–H groups in total. The first-order valence-electron chi connectivity index (χ1n) is 8.80. The van der Waals surface area contributed by atoms with Gasteiger partial charge in [-0.05, 0) is 43.9 Å². The van der Waals surface area contributed by atoms with Crippen LogP contribution in [0.3, 0.4) is 0 Å². The minimum Gasteiger partial charge on any atom is -0.462 e. The van der Waals surface area contributed by atoms with Crippen molar-refractivity contribution in [3.8, 4) is 0 Å². The molecule has 0 saturated heterocycles. The minimum atomic E-state index is -0.473. The molecule has 0 bridgehead atoms. The Balaban J connectivity index is 2.17. The normalized spacial score (nSPS) is 11.1. The lowest BCUT2D eigenvalue weighted by Crippen LogP contribution is -2.08. The molecule has 3 rings (SSSR count). The zero-order valence-electron chi connectivity index (χ0n) is 15.8. The number of halogens is 1. The van der Waals surface area contributed by atoms with Gasteiger partial charge in [0.25, 0.3) is 0 Å². The number of ether oxygens (including phenoxy) is 1. The number of pyridine rings is 1. The molecule has 0 radical (unpaired) electrons. The van der Waals surface area contributed by atoms with Crippen LogP contribution in [0.5, 0.6) is 0 Å². The fourth-order valence-electron chi connectivity index (χ4n) is 3.33. The molecule has 0 aliphatic carbocycles. The van der Waals surface area contributed by atoms with E-state index >= 15 is 0 Å². The molecular formula is C19H22ClN5O2. The van der Waals surface area contributed by atoms with Crippen molar-refractivity contribution in [2.75, 3.05) is 12.3 Å². The van der Waals surface area contributed by atoms with Crippen molar-refractivity contribution < 1.29 is 9.53 Å². The first-order valence-corrected chi connectivity index (χ1v) is 9.18. The molecule has 3 aromatic heterocycles. The highest BCUT2D eigenvalue weighted by atomic mass is 35.5. The Morgan fingerprint density at radius 1 is 1.30 bits per heavy atom. The van der Waals surface area contributed by atoms with E-state index in [1.165, 1.54) is 5.56 Å². The summed E-state index contributed by atoms with van der Waals surface area (Å²) in [7, 11) is 0. The van der Waals surface area contributed by atoms with Gasteiger partial charge in [-0.25, -0.2) is 9.78 Å². The number of carbonyl (C=O) groups excluding carboxylic acids is 1. The van der Waals surface area contributed by atoms with Gasteiger partial charge in [-0.15, -0.1) is 0 Å². The molecule has 0 fully saturated rings. The molecule has 27 heavy (non-hydrogen) atoms. The molecule has 0 aromatic carbocycles. The Hall–Kier alpha value is -2.67. The van der Waals surface area contributed by atoms with Gasteiger partial charge < -0.3 is 15.0 Å². The molecule has 8 heteroatoms. The molecule has 0 saturated carbocycles. The zero-order valence-corrected chi connectivity index (χ0v) is 16.6. The summed E-state index contributed by atoms with van der Waals surface area (Å²) in [6.45, 7) is 8.68. The monoisotopic (exact) mass is 387 g/mol. The highest BCUT2D eigenvalue weighted by molar-refractivity contribution is 6.35. The largest absolute Gasteiger partial charge is 0.462 e. The number of aryl methyl sites for hydroxylation is 1. The average molecular weight is 388 g/mol. The lowest BCUT2D eigenvalue weighted by Gasteiger charge is -2.13. The molecule has 142 valence electrons. The van der Waals surface area contributed by atoms with Gasteiger partial charge in [0.15, 0.2) is 0 Å². The second-order valence-corrected chi connectivity index (χ2v) is 6.67. The fourth-order valence-corrected chi connectivity index (χ4v) is 3.60. The van der Waals surface area contributed by atoms with Gasteiger partial charge in [0.1, 0.15) is 10.8 Å². The predicted octanol–water partition coefficient (Wildman–Crippen LogP) is 3.47. The van der Waals surface area contributed by atoms with Gasteiger partial charge in [-0.3, -0.25) is 4.98 Å². The van der Waals surface area contributed by atoms with Gasteiger partial charge in [0.2, 0.25) is 5.95 Å². The van der Waals surface area contributed by atoms with Crippen molar-refractivity contribution in [3.05, 3.63) is 45.5 Å². The van der Waals surface area contributed by atoms with Crippen molar-refractivity contribution in [1.82, 2.24) is 19.5 Å². The molecule has 3 aromatic rings. The van der Waals surface area contributed by atoms with E-state index in [-0.39, 0.29) is 17.7 Å². The predicted molar refractivity (Wildman–Crippen MR) is 105 cm³/mol. The maximum absolute atomic E-state index is 12.4. The molecule has 0 spiro atoms. The minimum absolute atomic E-state index is 0.0464. The summed E-state index contributed by atoms with van der Waals surface area (Å²) < 4.78 is 6.96. The third-order valence-corrected chi connectivity index (χ3v) is 4.91. The molecule has 0 aliphatic heterocycles. The lowest BCUT2D eigenvalue weighted by molar-refractivity contribution is 0.0528. The zero-order chi connectivity index (χ0) is 19.7. The fraction of sp³-hybridized carbons (Fsp3) is 0.368. The number of nitrogen functional groups attached to an aromatic ring is 1. The van der Waals surface area contributed by atoms with Gasteiger partial charge in [-0.1, -0.05) is 18.5 Å². The SMILES string of the molecule is CCOC(=O)c1cn(Cc2ncc(C)c(CC)c2C)c2nc(N)nc(Cl)c12. The van der Waals surface area contributed by atoms with Crippen molar-refractivity contribution in [2.45, 2.75) is 40.7 Å². The van der Waals surface area contributed by atoms with E-state index in [0.29, 0.717) is 23.1 Å². The molecule has 0 unspecified atom stereocenters. The Kier molecular flexibility index (Phi) is 5.32. The molecular weight excluding hydrogens is 366 g/mol. The van der Waals surface area contributed by atoms with Crippen LogP contribution < -0.4 is 5.73 Å². The van der Waals surface area contributed by atoms with E-state index in [4.69, 9.17) is 22.1 Å². The van der Waals surface area contributed by atoms with Gasteiger partial charge >= 0.3 is 5.97 Å². The van der Waals surface area contributed by atoms with Crippen molar-refractivity contribution in [3.63, 3.8) is 0 Å². The van der Waals surface area contributed by atoms with Crippen LogP contribution in [0, 0.1) is 13.8 Å².